The molecule has 0 aromatic rings. The summed E-state index contributed by atoms with van der Waals surface area (Å²) in [5, 5.41) is 76.2. The summed E-state index contributed by atoms with van der Waals surface area (Å²) in [5.74, 6) is -0.698. The zero-order valence-corrected chi connectivity index (χ0v) is 45.3. The Bertz CT molecular complexity index is 1190. The van der Waals surface area contributed by atoms with Crippen molar-refractivity contribution in [1.29, 1.82) is 0 Å². The quantitative estimate of drug-likeness (QED) is 0.0215. The Morgan fingerprint density at radius 1 is 0.500 bits per heavy atom. The Morgan fingerprint density at radius 2 is 0.871 bits per heavy atom. The Kier molecular flexibility index (Phi) is 46.2. The zero-order valence-electron chi connectivity index (χ0n) is 45.3. The molecule has 0 radical (unpaired) electrons. The maximum Gasteiger partial charge on any atom is 0.249 e. The van der Waals surface area contributed by atoms with Crippen LogP contribution in [0.4, 0.5) is 0 Å². The summed E-state index contributed by atoms with van der Waals surface area (Å²) in [6.07, 6.45) is 46.5. The maximum atomic E-state index is 13.2. The van der Waals surface area contributed by atoms with E-state index in [9.17, 15) is 40.5 Å². The third kappa shape index (κ3) is 36.5. The van der Waals surface area contributed by atoms with E-state index in [0.29, 0.717) is 19.3 Å². The van der Waals surface area contributed by atoms with Crippen LogP contribution in [0.3, 0.4) is 0 Å². The average Bonchev–Trinajstić information content (AvgIpc) is 3.36. The van der Waals surface area contributed by atoms with Gasteiger partial charge in [0.2, 0.25) is 5.91 Å². The fourth-order valence-corrected chi connectivity index (χ4v) is 9.65. The molecule has 0 aromatic carbocycles. The van der Waals surface area contributed by atoms with Crippen LogP contribution >= 0.6 is 0 Å². The van der Waals surface area contributed by atoms with Gasteiger partial charge in [-0.15, -0.1) is 0 Å². The number of hydrogen-bond donors (Lipinski definition) is 8. The molecule has 8 N–H and O–H groups in total. The van der Waals surface area contributed by atoms with Crippen molar-refractivity contribution in [2.24, 2.45) is 0 Å². The molecule has 0 spiro atoms. The van der Waals surface area contributed by atoms with E-state index >= 15 is 0 Å². The number of unbranched alkanes of at least 4 members (excludes halogenated alkanes) is 35. The average molecular weight is 997 g/mol. The molecule has 0 aromatic heterocycles. The van der Waals surface area contributed by atoms with Gasteiger partial charge in [0, 0.05) is 0 Å². The first-order chi connectivity index (χ1) is 34.2. The number of ether oxygens (including phenoxy) is 2. The summed E-state index contributed by atoms with van der Waals surface area (Å²) in [7, 11) is 0. The number of carbonyl (C=O) groups excluding carboxylic acids is 1. The van der Waals surface area contributed by atoms with Gasteiger partial charge >= 0.3 is 0 Å². The predicted molar refractivity (Wildman–Crippen MR) is 289 cm³/mol. The standard InChI is InChI=1S/C59H113NO10/c1-3-5-7-9-11-13-15-17-19-21-23-24-25-26-27-29-31-33-35-37-39-41-43-45-47-52(63)58(68)60-50(49-69-59-57(67)56(66)55(65)53(48-61)70-59)54(64)51(62)46-44-42-40-38-36-34-32-30-28-22-20-18-16-14-12-10-8-6-4-2/h23-24,26-27,50-57,59,61-67H,3-22,25,28-49H2,1-2H3,(H,60,68)/b24-23-,27-26-. The third-order valence-electron chi connectivity index (χ3n) is 14.5. The number of rotatable bonds is 51. The molecular weight excluding hydrogens is 883 g/mol. The highest BCUT2D eigenvalue weighted by Gasteiger charge is 2.44. The molecule has 70 heavy (non-hydrogen) atoms. The van der Waals surface area contributed by atoms with E-state index < -0.39 is 74.2 Å². The minimum absolute atomic E-state index is 0.255. The first-order valence-corrected chi connectivity index (χ1v) is 29.7. The van der Waals surface area contributed by atoms with Gasteiger partial charge in [0.15, 0.2) is 6.29 Å². The molecule has 9 unspecified atom stereocenters. The van der Waals surface area contributed by atoms with Crippen LogP contribution in [0, 0.1) is 0 Å². The van der Waals surface area contributed by atoms with E-state index in [4.69, 9.17) is 9.47 Å². The van der Waals surface area contributed by atoms with Crippen LogP contribution in [0.5, 0.6) is 0 Å². The molecule has 414 valence electrons. The largest absolute Gasteiger partial charge is 0.394 e. The Morgan fingerprint density at radius 3 is 1.27 bits per heavy atom. The van der Waals surface area contributed by atoms with Crippen molar-refractivity contribution in [2.75, 3.05) is 13.2 Å². The molecule has 1 rings (SSSR count). The van der Waals surface area contributed by atoms with Crippen molar-refractivity contribution in [3.63, 3.8) is 0 Å². The van der Waals surface area contributed by atoms with Gasteiger partial charge in [-0.2, -0.15) is 0 Å². The normalized spacial score (nSPS) is 20.4. The smallest absolute Gasteiger partial charge is 0.249 e. The SMILES string of the molecule is CCCCCCCCCCC/C=C\C/C=C\CCCCCCCCCCC(O)C(=O)NC(COC1OC(CO)C(O)C(O)C1O)C(O)C(O)CCCCCCCCCCCCCCCCCCCCC. The van der Waals surface area contributed by atoms with Crippen molar-refractivity contribution >= 4 is 5.91 Å². The zero-order chi connectivity index (χ0) is 51.1. The lowest BCUT2D eigenvalue weighted by Crippen LogP contribution is -2.60. The number of hydrogen-bond acceptors (Lipinski definition) is 10. The van der Waals surface area contributed by atoms with E-state index in [0.717, 1.165) is 51.4 Å². The molecule has 1 amide bonds. The van der Waals surface area contributed by atoms with Crippen LogP contribution in [0.15, 0.2) is 24.3 Å². The molecule has 9 atom stereocenters. The van der Waals surface area contributed by atoms with Crippen LogP contribution in [-0.4, -0.2) is 110 Å². The monoisotopic (exact) mass is 996 g/mol. The number of carbonyl (C=O) groups is 1. The van der Waals surface area contributed by atoms with E-state index in [1.807, 2.05) is 0 Å². The van der Waals surface area contributed by atoms with Gasteiger partial charge in [-0.25, -0.2) is 0 Å². The Balaban J connectivity index is 2.31. The van der Waals surface area contributed by atoms with Crippen molar-refractivity contribution in [1.82, 2.24) is 5.32 Å². The highest BCUT2D eigenvalue weighted by Crippen LogP contribution is 2.23. The van der Waals surface area contributed by atoms with E-state index in [2.05, 4.69) is 43.5 Å². The second-order valence-electron chi connectivity index (χ2n) is 21.1. The highest BCUT2D eigenvalue weighted by atomic mass is 16.7. The van der Waals surface area contributed by atoms with Gasteiger partial charge in [0.05, 0.1) is 25.4 Å². The molecule has 1 aliphatic heterocycles. The maximum absolute atomic E-state index is 13.2. The molecule has 1 fully saturated rings. The summed E-state index contributed by atoms with van der Waals surface area (Å²) in [5.41, 5.74) is 0. The minimum Gasteiger partial charge on any atom is -0.394 e. The van der Waals surface area contributed by atoms with E-state index in [1.165, 1.54) is 186 Å². The number of aliphatic hydroxyl groups excluding tert-OH is 7. The number of allylic oxidation sites excluding steroid dienone is 4. The van der Waals surface area contributed by atoms with Crippen LogP contribution in [-0.2, 0) is 14.3 Å². The van der Waals surface area contributed by atoms with Gasteiger partial charge < -0.3 is 50.5 Å². The lowest BCUT2D eigenvalue weighted by atomic mass is 9.98. The van der Waals surface area contributed by atoms with Crippen molar-refractivity contribution in [2.45, 2.75) is 332 Å². The lowest BCUT2D eigenvalue weighted by molar-refractivity contribution is -0.303. The predicted octanol–water partition coefficient (Wildman–Crippen LogP) is 12.5. The third-order valence-corrected chi connectivity index (χ3v) is 14.5. The van der Waals surface area contributed by atoms with Crippen molar-refractivity contribution in [3.05, 3.63) is 24.3 Å². The first kappa shape index (κ1) is 66.6. The number of aliphatic hydroxyl groups is 7. The Hall–Kier alpha value is -1.41. The van der Waals surface area contributed by atoms with E-state index in [1.54, 1.807) is 0 Å². The molecule has 0 saturated carbocycles. The Labute approximate surface area is 429 Å². The van der Waals surface area contributed by atoms with Gasteiger partial charge in [0.25, 0.3) is 0 Å². The summed E-state index contributed by atoms with van der Waals surface area (Å²) in [4.78, 5) is 13.2. The summed E-state index contributed by atoms with van der Waals surface area (Å²) in [6.45, 7) is 3.48. The topological polar surface area (TPSA) is 189 Å². The number of nitrogens with one attached hydrogen (secondary N) is 1. The molecule has 0 bridgehead atoms. The fourth-order valence-electron chi connectivity index (χ4n) is 9.65. The van der Waals surface area contributed by atoms with Crippen molar-refractivity contribution < 1.29 is 50.0 Å². The van der Waals surface area contributed by atoms with E-state index in [-0.39, 0.29) is 6.42 Å². The molecule has 11 nitrogen and oxygen atoms in total. The van der Waals surface area contributed by atoms with Crippen LogP contribution in [0.2, 0.25) is 0 Å². The summed E-state index contributed by atoms with van der Waals surface area (Å²) < 4.78 is 11.2. The second-order valence-corrected chi connectivity index (χ2v) is 21.1. The lowest BCUT2D eigenvalue weighted by Gasteiger charge is -2.40. The fraction of sp³-hybridized carbons (Fsp3) is 0.915. The molecule has 11 heteroatoms. The molecule has 1 heterocycles. The summed E-state index contributed by atoms with van der Waals surface area (Å²) in [6, 6.07) is -1.17. The molecule has 1 saturated heterocycles. The first-order valence-electron chi connectivity index (χ1n) is 29.7. The van der Waals surface area contributed by atoms with Gasteiger partial charge in [-0.05, 0) is 44.9 Å². The molecular formula is C59H113NO10. The van der Waals surface area contributed by atoms with Gasteiger partial charge in [-0.1, -0.05) is 256 Å². The van der Waals surface area contributed by atoms with Crippen LogP contribution < -0.4 is 5.32 Å². The van der Waals surface area contributed by atoms with Gasteiger partial charge in [0.1, 0.15) is 36.6 Å². The summed E-state index contributed by atoms with van der Waals surface area (Å²) >= 11 is 0. The highest BCUT2D eigenvalue weighted by molar-refractivity contribution is 5.80. The van der Waals surface area contributed by atoms with Crippen LogP contribution in [0.25, 0.3) is 0 Å². The molecule has 0 aliphatic carbocycles. The number of amides is 1. The molecule has 1 aliphatic rings. The second kappa shape index (κ2) is 48.5. The minimum atomic E-state index is -1.66. The van der Waals surface area contributed by atoms with Gasteiger partial charge in [-0.3, -0.25) is 4.79 Å². The van der Waals surface area contributed by atoms with Crippen molar-refractivity contribution in [3.8, 4) is 0 Å². The van der Waals surface area contributed by atoms with Crippen LogP contribution in [0.1, 0.15) is 277 Å².